The minimum absolute atomic E-state index is 0.196. The van der Waals surface area contributed by atoms with E-state index in [-0.39, 0.29) is 5.91 Å². The van der Waals surface area contributed by atoms with Gasteiger partial charge in [-0.1, -0.05) is 48.5 Å². The number of ether oxygens (including phenoxy) is 1. The standard InChI is InChI=1S/C25H25N3O2/c1-18(30-21-11-7-4-8-12-21)25(29)26-20-14-15-23-22(17-20)27-24(28(23)2)16-13-19-9-5-3-6-10-19/h3-12,14-15,17-18H,13,16H2,1-2H3,(H,26,29). The summed E-state index contributed by atoms with van der Waals surface area (Å²) in [5.41, 5.74) is 3.92. The predicted molar refractivity (Wildman–Crippen MR) is 120 cm³/mol. The average molecular weight is 399 g/mol. The van der Waals surface area contributed by atoms with Crippen molar-refractivity contribution in [3.8, 4) is 5.75 Å². The molecule has 4 rings (SSSR count). The van der Waals surface area contributed by atoms with Crippen molar-refractivity contribution in [2.24, 2.45) is 7.05 Å². The van der Waals surface area contributed by atoms with Gasteiger partial charge in [0.05, 0.1) is 11.0 Å². The van der Waals surface area contributed by atoms with E-state index in [9.17, 15) is 4.79 Å². The molecule has 5 heteroatoms. The van der Waals surface area contributed by atoms with Crippen LogP contribution in [0.3, 0.4) is 0 Å². The first-order chi connectivity index (χ1) is 14.6. The minimum Gasteiger partial charge on any atom is -0.481 e. The molecule has 1 aromatic heterocycles. The second-order valence-corrected chi connectivity index (χ2v) is 7.34. The van der Waals surface area contributed by atoms with Crippen LogP contribution in [0.25, 0.3) is 11.0 Å². The van der Waals surface area contributed by atoms with Crippen molar-refractivity contribution >= 4 is 22.6 Å². The fraction of sp³-hybridized carbons (Fsp3) is 0.200. The Morgan fingerprint density at radius 1 is 1.00 bits per heavy atom. The van der Waals surface area contributed by atoms with E-state index < -0.39 is 6.10 Å². The summed E-state index contributed by atoms with van der Waals surface area (Å²) in [4.78, 5) is 17.3. The van der Waals surface area contributed by atoms with Crippen molar-refractivity contribution in [2.45, 2.75) is 25.9 Å². The Morgan fingerprint density at radius 3 is 2.43 bits per heavy atom. The molecule has 1 atom stereocenters. The molecule has 0 saturated heterocycles. The van der Waals surface area contributed by atoms with Crippen LogP contribution in [0.5, 0.6) is 5.75 Å². The van der Waals surface area contributed by atoms with Crippen LogP contribution in [-0.2, 0) is 24.7 Å². The lowest BCUT2D eigenvalue weighted by atomic mass is 10.1. The van der Waals surface area contributed by atoms with E-state index in [2.05, 4.69) is 34.1 Å². The monoisotopic (exact) mass is 399 g/mol. The zero-order valence-electron chi connectivity index (χ0n) is 17.2. The number of amides is 1. The molecule has 5 nitrogen and oxygen atoms in total. The summed E-state index contributed by atoms with van der Waals surface area (Å²) < 4.78 is 7.82. The maximum atomic E-state index is 12.5. The van der Waals surface area contributed by atoms with Gasteiger partial charge in [0.1, 0.15) is 11.6 Å². The number of nitrogens with zero attached hydrogens (tertiary/aromatic N) is 2. The summed E-state index contributed by atoms with van der Waals surface area (Å²) in [6.07, 6.45) is 1.20. The summed E-state index contributed by atoms with van der Waals surface area (Å²) in [7, 11) is 2.03. The number of carbonyl (C=O) groups is 1. The van der Waals surface area contributed by atoms with E-state index in [1.807, 2.05) is 61.6 Å². The average Bonchev–Trinajstić information content (AvgIpc) is 3.08. The SMILES string of the molecule is CC(Oc1ccccc1)C(=O)Nc1ccc2c(c1)nc(CCc1ccccc1)n2C. The number of nitrogens with one attached hydrogen (secondary N) is 1. The van der Waals surface area contributed by atoms with Crippen LogP contribution in [0.4, 0.5) is 5.69 Å². The highest BCUT2D eigenvalue weighted by Crippen LogP contribution is 2.21. The molecule has 1 heterocycles. The fourth-order valence-electron chi connectivity index (χ4n) is 3.45. The maximum absolute atomic E-state index is 12.5. The van der Waals surface area contributed by atoms with Gasteiger partial charge in [-0.3, -0.25) is 4.79 Å². The van der Waals surface area contributed by atoms with E-state index in [0.29, 0.717) is 11.4 Å². The molecule has 1 N–H and O–H groups in total. The fourth-order valence-corrected chi connectivity index (χ4v) is 3.45. The second-order valence-electron chi connectivity index (χ2n) is 7.34. The number of benzene rings is 3. The largest absolute Gasteiger partial charge is 0.481 e. The molecule has 4 aromatic rings. The van der Waals surface area contributed by atoms with Crippen molar-refractivity contribution in [2.75, 3.05) is 5.32 Å². The first-order valence-electron chi connectivity index (χ1n) is 10.1. The quantitative estimate of drug-likeness (QED) is 0.487. The van der Waals surface area contributed by atoms with E-state index in [4.69, 9.17) is 9.72 Å². The molecule has 0 aliphatic heterocycles. The Labute approximate surface area is 176 Å². The lowest BCUT2D eigenvalue weighted by Gasteiger charge is -2.14. The second kappa shape index (κ2) is 8.82. The number of aryl methyl sites for hydroxylation is 3. The highest BCUT2D eigenvalue weighted by atomic mass is 16.5. The van der Waals surface area contributed by atoms with Crippen LogP contribution in [0, 0.1) is 0 Å². The molecular formula is C25H25N3O2. The van der Waals surface area contributed by atoms with Gasteiger partial charge in [0, 0.05) is 19.2 Å². The Kier molecular flexibility index (Phi) is 5.80. The van der Waals surface area contributed by atoms with Crippen molar-refractivity contribution in [3.05, 3.63) is 90.3 Å². The molecule has 1 amide bonds. The van der Waals surface area contributed by atoms with Crippen LogP contribution in [-0.4, -0.2) is 21.6 Å². The maximum Gasteiger partial charge on any atom is 0.265 e. The molecule has 0 spiro atoms. The van der Waals surface area contributed by atoms with Crippen molar-refractivity contribution in [1.29, 1.82) is 0 Å². The Bertz CT molecular complexity index is 1140. The molecular weight excluding hydrogens is 374 g/mol. The van der Waals surface area contributed by atoms with Crippen LogP contribution in [0.15, 0.2) is 78.9 Å². The van der Waals surface area contributed by atoms with E-state index in [1.165, 1.54) is 5.56 Å². The van der Waals surface area contributed by atoms with Crippen molar-refractivity contribution in [1.82, 2.24) is 9.55 Å². The summed E-state index contributed by atoms with van der Waals surface area (Å²) in [6, 6.07) is 25.6. The topological polar surface area (TPSA) is 56.1 Å². The molecule has 1 unspecified atom stereocenters. The molecule has 0 bridgehead atoms. The summed E-state index contributed by atoms with van der Waals surface area (Å²) >= 11 is 0. The van der Waals surface area contributed by atoms with Gasteiger partial charge < -0.3 is 14.6 Å². The molecule has 0 fully saturated rings. The zero-order valence-corrected chi connectivity index (χ0v) is 17.2. The number of hydrogen-bond acceptors (Lipinski definition) is 3. The number of hydrogen-bond donors (Lipinski definition) is 1. The van der Waals surface area contributed by atoms with E-state index in [0.717, 1.165) is 29.7 Å². The van der Waals surface area contributed by atoms with Gasteiger partial charge in [0.15, 0.2) is 6.10 Å². The highest BCUT2D eigenvalue weighted by molar-refractivity contribution is 5.95. The lowest BCUT2D eigenvalue weighted by molar-refractivity contribution is -0.122. The van der Waals surface area contributed by atoms with E-state index in [1.54, 1.807) is 6.92 Å². The predicted octanol–water partition coefficient (Wildman–Crippen LogP) is 4.76. The van der Waals surface area contributed by atoms with Gasteiger partial charge in [-0.05, 0) is 49.2 Å². The third-order valence-corrected chi connectivity index (χ3v) is 5.15. The molecule has 0 aliphatic carbocycles. The smallest absolute Gasteiger partial charge is 0.265 e. The van der Waals surface area contributed by atoms with Gasteiger partial charge >= 0.3 is 0 Å². The van der Waals surface area contributed by atoms with Gasteiger partial charge in [-0.15, -0.1) is 0 Å². The van der Waals surface area contributed by atoms with E-state index >= 15 is 0 Å². The summed E-state index contributed by atoms with van der Waals surface area (Å²) in [5, 5.41) is 2.93. The number of fused-ring (bicyclic) bond motifs is 1. The third-order valence-electron chi connectivity index (χ3n) is 5.15. The molecule has 0 aliphatic rings. The number of anilines is 1. The van der Waals surface area contributed by atoms with Crippen LogP contribution >= 0.6 is 0 Å². The van der Waals surface area contributed by atoms with Crippen LogP contribution < -0.4 is 10.1 Å². The zero-order chi connectivity index (χ0) is 20.9. The van der Waals surface area contributed by atoms with Crippen molar-refractivity contribution < 1.29 is 9.53 Å². The Hall–Kier alpha value is -3.60. The van der Waals surface area contributed by atoms with Crippen LogP contribution in [0.2, 0.25) is 0 Å². The first kappa shape index (κ1) is 19.7. The molecule has 3 aromatic carbocycles. The van der Waals surface area contributed by atoms with Gasteiger partial charge in [-0.25, -0.2) is 4.98 Å². The van der Waals surface area contributed by atoms with Gasteiger partial charge in [0.25, 0.3) is 5.91 Å². The first-order valence-corrected chi connectivity index (χ1v) is 10.1. The van der Waals surface area contributed by atoms with Crippen LogP contribution in [0.1, 0.15) is 18.3 Å². The molecule has 30 heavy (non-hydrogen) atoms. The highest BCUT2D eigenvalue weighted by Gasteiger charge is 2.16. The summed E-state index contributed by atoms with van der Waals surface area (Å²) in [5.74, 6) is 1.50. The molecule has 0 saturated carbocycles. The molecule has 0 radical (unpaired) electrons. The Balaban J connectivity index is 1.44. The normalized spacial score (nSPS) is 11.9. The van der Waals surface area contributed by atoms with Crippen molar-refractivity contribution in [3.63, 3.8) is 0 Å². The Morgan fingerprint density at radius 2 is 1.70 bits per heavy atom. The van der Waals surface area contributed by atoms with Gasteiger partial charge in [-0.2, -0.15) is 0 Å². The number of rotatable bonds is 7. The van der Waals surface area contributed by atoms with Gasteiger partial charge in [0.2, 0.25) is 0 Å². The number of para-hydroxylation sites is 1. The molecule has 152 valence electrons. The summed E-state index contributed by atoms with van der Waals surface area (Å²) in [6.45, 7) is 1.74. The number of aromatic nitrogens is 2. The number of imidazole rings is 1. The lowest BCUT2D eigenvalue weighted by Crippen LogP contribution is -2.30. The third kappa shape index (κ3) is 4.51. The minimum atomic E-state index is -0.603. The number of carbonyl (C=O) groups excluding carboxylic acids is 1.